The van der Waals surface area contributed by atoms with Gasteiger partial charge in [0.2, 0.25) is 0 Å². The van der Waals surface area contributed by atoms with Crippen LogP contribution in [0.25, 0.3) is 0 Å². The summed E-state index contributed by atoms with van der Waals surface area (Å²) in [5.41, 5.74) is -0.503. The molecule has 1 aromatic carbocycles. The van der Waals surface area contributed by atoms with Crippen LogP contribution in [0.3, 0.4) is 0 Å². The monoisotopic (exact) mass is 312 g/mol. The van der Waals surface area contributed by atoms with Crippen molar-refractivity contribution in [3.05, 3.63) is 34.3 Å². The Labute approximate surface area is 115 Å². The molecule has 2 rings (SSSR count). The Bertz CT molecular complexity index is 447. The van der Waals surface area contributed by atoms with Gasteiger partial charge in [-0.15, -0.1) is 0 Å². The van der Waals surface area contributed by atoms with Crippen molar-refractivity contribution >= 4 is 21.9 Å². The minimum atomic E-state index is -0.735. The number of halogens is 1. The number of carbonyl (C=O) groups excluding carboxylic acids is 1. The molecule has 1 aliphatic carbocycles. The fourth-order valence-corrected chi connectivity index (χ4v) is 3.02. The highest BCUT2D eigenvalue weighted by molar-refractivity contribution is 9.10. The topological polar surface area (TPSA) is 46.5 Å². The molecule has 0 radical (unpaired) electrons. The lowest BCUT2D eigenvalue weighted by Gasteiger charge is -2.51. The molecule has 0 heterocycles. The highest BCUT2D eigenvalue weighted by atomic mass is 79.9. The van der Waals surface area contributed by atoms with Crippen LogP contribution < -0.4 is 0 Å². The molecule has 0 spiro atoms. The number of hydrogen-bond acceptors (Lipinski definition) is 3. The minimum absolute atomic E-state index is 0.261. The van der Waals surface area contributed by atoms with Gasteiger partial charge in [0.25, 0.3) is 0 Å². The van der Waals surface area contributed by atoms with E-state index < -0.39 is 11.0 Å². The Hall–Kier alpha value is -0.870. The predicted octanol–water partition coefficient (Wildman–Crippen LogP) is 2.79. The van der Waals surface area contributed by atoms with Crippen molar-refractivity contribution < 1.29 is 14.6 Å². The van der Waals surface area contributed by atoms with Crippen LogP contribution in [0.4, 0.5) is 0 Å². The van der Waals surface area contributed by atoms with Crippen LogP contribution in [0.2, 0.25) is 0 Å². The van der Waals surface area contributed by atoms with Crippen molar-refractivity contribution in [1.82, 2.24) is 0 Å². The summed E-state index contributed by atoms with van der Waals surface area (Å²) in [7, 11) is 1.40. The number of ether oxygens (including phenoxy) is 1. The largest absolute Gasteiger partial charge is 0.468 e. The van der Waals surface area contributed by atoms with E-state index >= 15 is 0 Å². The van der Waals surface area contributed by atoms with Gasteiger partial charge in [0, 0.05) is 4.47 Å². The molecule has 0 atom stereocenters. The summed E-state index contributed by atoms with van der Waals surface area (Å²) >= 11 is 3.38. The lowest BCUT2D eigenvalue weighted by Crippen LogP contribution is -2.58. The molecule has 1 aliphatic rings. The van der Waals surface area contributed by atoms with E-state index in [1.54, 1.807) is 0 Å². The fourth-order valence-electron chi connectivity index (χ4n) is 2.75. The van der Waals surface area contributed by atoms with Gasteiger partial charge in [0.15, 0.2) is 0 Å². The Morgan fingerprint density at radius 3 is 2.39 bits per heavy atom. The first-order chi connectivity index (χ1) is 8.46. The molecule has 4 heteroatoms. The highest BCUT2D eigenvalue weighted by Gasteiger charge is 2.59. The van der Waals surface area contributed by atoms with E-state index in [-0.39, 0.29) is 5.97 Å². The van der Waals surface area contributed by atoms with E-state index in [1.165, 1.54) is 7.11 Å². The van der Waals surface area contributed by atoms with Gasteiger partial charge in [-0.3, -0.25) is 4.79 Å². The fraction of sp³-hybridized carbons (Fsp3) is 0.500. The molecule has 98 valence electrons. The highest BCUT2D eigenvalue weighted by Crippen LogP contribution is 2.52. The molecular formula is C14H17BrO3. The van der Waals surface area contributed by atoms with Crippen molar-refractivity contribution in [3.8, 4) is 0 Å². The molecule has 0 bridgehead atoms. The summed E-state index contributed by atoms with van der Waals surface area (Å²) in [6.45, 7) is 1.93. The average Bonchev–Trinajstić information content (AvgIpc) is 2.35. The first kappa shape index (κ1) is 13.6. The molecule has 1 aromatic rings. The number of rotatable bonds is 3. The maximum Gasteiger partial charge on any atom is 0.316 e. The van der Waals surface area contributed by atoms with Crippen LogP contribution in [0.1, 0.15) is 31.7 Å². The van der Waals surface area contributed by atoms with E-state index in [2.05, 4.69) is 15.9 Å². The van der Waals surface area contributed by atoms with Crippen LogP contribution in [-0.2, 0) is 14.9 Å². The Morgan fingerprint density at radius 2 is 1.94 bits per heavy atom. The SMILES string of the molecule is CCC1(O)CC(C(=O)OC)(c2ccc(Br)cc2)C1. The number of esters is 1. The number of carbonyl (C=O) groups is 1. The van der Waals surface area contributed by atoms with Crippen LogP contribution in [0.5, 0.6) is 0 Å². The zero-order chi connectivity index (χ0) is 13.4. The first-order valence-corrected chi connectivity index (χ1v) is 6.82. The molecule has 0 saturated heterocycles. The van der Waals surface area contributed by atoms with Crippen molar-refractivity contribution in [2.45, 2.75) is 37.2 Å². The van der Waals surface area contributed by atoms with Gasteiger partial charge in [0.05, 0.1) is 18.1 Å². The van der Waals surface area contributed by atoms with Gasteiger partial charge < -0.3 is 9.84 Å². The molecule has 0 aromatic heterocycles. The van der Waals surface area contributed by atoms with Crippen molar-refractivity contribution in [1.29, 1.82) is 0 Å². The van der Waals surface area contributed by atoms with Gasteiger partial charge in [-0.2, -0.15) is 0 Å². The van der Waals surface area contributed by atoms with Gasteiger partial charge in [-0.05, 0) is 37.0 Å². The normalized spacial score (nSPS) is 30.7. The van der Waals surface area contributed by atoms with Crippen LogP contribution >= 0.6 is 15.9 Å². The molecule has 18 heavy (non-hydrogen) atoms. The molecule has 1 saturated carbocycles. The standard InChI is InChI=1S/C14H17BrO3/c1-3-13(17)8-14(9-13,12(16)18-2)10-4-6-11(15)7-5-10/h4-7,17H,3,8-9H2,1-2H3. The minimum Gasteiger partial charge on any atom is -0.468 e. The Kier molecular flexibility index (Phi) is 3.52. The van der Waals surface area contributed by atoms with Crippen molar-refractivity contribution in [2.75, 3.05) is 7.11 Å². The lowest BCUT2D eigenvalue weighted by molar-refractivity contribution is -0.168. The van der Waals surface area contributed by atoms with E-state index in [9.17, 15) is 9.90 Å². The summed E-state index contributed by atoms with van der Waals surface area (Å²) in [5.74, 6) is -0.261. The average molecular weight is 313 g/mol. The van der Waals surface area contributed by atoms with E-state index in [1.807, 2.05) is 31.2 Å². The molecular weight excluding hydrogens is 296 g/mol. The second kappa shape index (κ2) is 4.67. The molecule has 1 fully saturated rings. The second-order valence-electron chi connectivity index (χ2n) is 5.01. The van der Waals surface area contributed by atoms with Gasteiger partial charge >= 0.3 is 5.97 Å². The maximum atomic E-state index is 12.1. The molecule has 3 nitrogen and oxygen atoms in total. The number of aliphatic hydroxyl groups is 1. The van der Waals surface area contributed by atoms with Crippen molar-refractivity contribution in [3.63, 3.8) is 0 Å². The first-order valence-electron chi connectivity index (χ1n) is 6.03. The van der Waals surface area contributed by atoms with E-state index in [4.69, 9.17) is 4.74 Å². The van der Waals surface area contributed by atoms with Crippen LogP contribution in [0, 0.1) is 0 Å². The Morgan fingerprint density at radius 1 is 1.39 bits per heavy atom. The number of hydrogen-bond donors (Lipinski definition) is 1. The maximum absolute atomic E-state index is 12.1. The van der Waals surface area contributed by atoms with E-state index in [0.717, 1.165) is 10.0 Å². The predicted molar refractivity (Wildman–Crippen MR) is 72.3 cm³/mol. The lowest BCUT2D eigenvalue weighted by atomic mass is 9.55. The summed E-state index contributed by atoms with van der Waals surface area (Å²) in [4.78, 5) is 12.1. The van der Waals surface area contributed by atoms with Crippen molar-refractivity contribution in [2.24, 2.45) is 0 Å². The third kappa shape index (κ3) is 2.08. The quantitative estimate of drug-likeness (QED) is 0.873. The van der Waals surface area contributed by atoms with Crippen LogP contribution in [-0.4, -0.2) is 23.8 Å². The molecule has 0 amide bonds. The summed E-state index contributed by atoms with van der Waals surface area (Å²) in [6, 6.07) is 7.64. The zero-order valence-corrected chi connectivity index (χ0v) is 12.2. The van der Waals surface area contributed by atoms with Crippen LogP contribution in [0.15, 0.2) is 28.7 Å². The molecule has 0 unspecified atom stereocenters. The zero-order valence-electron chi connectivity index (χ0n) is 10.6. The second-order valence-corrected chi connectivity index (χ2v) is 5.93. The number of benzene rings is 1. The van der Waals surface area contributed by atoms with Gasteiger partial charge in [-0.1, -0.05) is 35.0 Å². The van der Waals surface area contributed by atoms with E-state index in [0.29, 0.717) is 19.3 Å². The number of methoxy groups -OCH3 is 1. The third-order valence-electron chi connectivity index (χ3n) is 3.89. The summed E-state index contributed by atoms with van der Waals surface area (Å²) in [5, 5.41) is 10.2. The van der Waals surface area contributed by atoms with Gasteiger partial charge in [-0.25, -0.2) is 0 Å². The Balaban J connectivity index is 2.34. The summed E-state index contributed by atoms with van der Waals surface area (Å²) < 4.78 is 5.89. The van der Waals surface area contributed by atoms with Gasteiger partial charge in [0.1, 0.15) is 0 Å². The molecule has 1 N–H and O–H groups in total. The third-order valence-corrected chi connectivity index (χ3v) is 4.42. The smallest absolute Gasteiger partial charge is 0.316 e. The molecule has 0 aliphatic heterocycles. The summed E-state index contributed by atoms with van der Waals surface area (Å²) in [6.07, 6.45) is 1.53.